The number of rotatable bonds is 5. The number of aryl methyl sites for hydroxylation is 1. The fourth-order valence-corrected chi connectivity index (χ4v) is 3.62. The van der Waals surface area contributed by atoms with E-state index < -0.39 is 18.4 Å². The number of thiocarbonyl (C=S) groups is 1. The predicted molar refractivity (Wildman–Crippen MR) is 98.4 cm³/mol. The summed E-state index contributed by atoms with van der Waals surface area (Å²) in [7, 11) is 0. The third-order valence-corrected chi connectivity index (χ3v) is 5.09. The molecule has 1 aromatic heterocycles. The van der Waals surface area contributed by atoms with E-state index in [1.165, 1.54) is 5.56 Å². The molecule has 1 fully saturated rings. The molecule has 0 N–H and O–H groups in total. The van der Waals surface area contributed by atoms with Crippen molar-refractivity contribution < 1.29 is 19.1 Å². The van der Waals surface area contributed by atoms with Gasteiger partial charge in [0.25, 0.3) is 5.91 Å². The van der Waals surface area contributed by atoms with Crippen molar-refractivity contribution in [2.75, 3.05) is 6.54 Å². The summed E-state index contributed by atoms with van der Waals surface area (Å²) in [5, 5.41) is 10.7. The Morgan fingerprint density at radius 3 is 2.64 bits per heavy atom. The van der Waals surface area contributed by atoms with Crippen molar-refractivity contribution in [3.63, 3.8) is 0 Å². The molecule has 0 unspecified atom stereocenters. The van der Waals surface area contributed by atoms with Crippen molar-refractivity contribution in [3.8, 4) is 11.3 Å². The maximum atomic E-state index is 12.2. The monoisotopic (exact) mass is 372 g/mol. The molecule has 5 nitrogen and oxygen atoms in total. The third kappa shape index (κ3) is 3.83. The minimum Gasteiger partial charge on any atom is -0.548 e. The van der Waals surface area contributed by atoms with Crippen LogP contribution in [0.1, 0.15) is 18.2 Å². The van der Waals surface area contributed by atoms with Crippen LogP contribution in [0.15, 0.2) is 45.7 Å². The van der Waals surface area contributed by atoms with Gasteiger partial charge in [0.1, 0.15) is 15.8 Å². The number of amides is 1. The SMILES string of the molecule is CCc1ccc(-c2ccc(/C=C3\SC(=S)N(CC(=O)[O-])C3=O)o2)cc1. The summed E-state index contributed by atoms with van der Waals surface area (Å²) in [6.45, 7) is 1.55. The predicted octanol–water partition coefficient (Wildman–Crippen LogP) is 2.46. The fourth-order valence-electron chi connectivity index (χ4n) is 2.38. The van der Waals surface area contributed by atoms with Crippen molar-refractivity contribution >= 4 is 46.3 Å². The molecule has 0 spiro atoms. The Kier molecular flexibility index (Phi) is 5.06. The highest BCUT2D eigenvalue weighted by atomic mass is 32.2. The molecule has 0 radical (unpaired) electrons. The second-order valence-corrected chi connectivity index (χ2v) is 7.07. The third-order valence-electron chi connectivity index (χ3n) is 3.71. The van der Waals surface area contributed by atoms with Gasteiger partial charge in [-0.15, -0.1) is 0 Å². The number of hydrogen-bond donors (Lipinski definition) is 0. The van der Waals surface area contributed by atoms with Gasteiger partial charge in [-0.2, -0.15) is 0 Å². The number of carbonyl (C=O) groups excluding carboxylic acids is 2. The largest absolute Gasteiger partial charge is 0.548 e. The number of nitrogens with zero attached hydrogens (tertiary/aromatic N) is 1. The van der Waals surface area contributed by atoms with Crippen LogP contribution < -0.4 is 5.11 Å². The maximum Gasteiger partial charge on any atom is 0.266 e. The molecule has 3 rings (SSSR count). The molecular formula is C18H14NO4S2-. The number of benzene rings is 1. The van der Waals surface area contributed by atoms with E-state index in [-0.39, 0.29) is 4.32 Å². The van der Waals surface area contributed by atoms with Gasteiger partial charge in [0, 0.05) is 11.6 Å². The average molecular weight is 372 g/mol. The second kappa shape index (κ2) is 7.25. The molecular weight excluding hydrogens is 358 g/mol. The van der Waals surface area contributed by atoms with Crippen molar-refractivity contribution in [1.29, 1.82) is 0 Å². The number of furan rings is 1. The summed E-state index contributed by atoms with van der Waals surface area (Å²) in [5.74, 6) is -0.611. The average Bonchev–Trinajstić information content (AvgIpc) is 3.15. The van der Waals surface area contributed by atoms with Crippen LogP contribution in [-0.4, -0.2) is 27.6 Å². The Labute approximate surface area is 154 Å². The molecule has 0 atom stereocenters. The molecule has 128 valence electrons. The van der Waals surface area contributed by atoms with Crippen molar-refractivity contribution in [1.82, 2.24) is 4.90 Å². The Morgan fingerprint density at radius 2 is 2.00 bits per heavy atom. The summed E-state index contributed by atoms with van der Waals surface area (Å²) >= 11 is 6.09. The first kappa shape index (κ1) is 17.4. The fraction of sp³-hybridized carbons (Fsp3) is 0.167. The van der Waals surface area contributed by atoms with Gasteiger partial charge in [-0.25, -0.2) is 0 Å². The lowest BCUT2D eigenvalue weighted by Gasteiger charge is -2.14. The van der Waals surface area contributed by atoms with Crippen molar-refractivity contribution in [2.24, 2.45) is 0 Å². The van der Waals surface area contributed by atoms with Gasteiger partial charge in [0.15, 0.2) is 0 Å². The van der Waals surface area contributed by atoms with Crippen LogP contribution >= 0.6 is 24.0 Å². The molecule has 25 heavy (non-hydrogen) atoms. The van der Waals surface area contributed by atoms with Gasteiger partial charge in [-0.05, 0) is 24.1 Å². The zero-order valence-corrected chi connectivity index (χ0v) is 15.0. The maximum absolute atomic E-state index is 12.2. The zero-order valence-electron chi connectivity index (χ0n) is 13.4. The second-order valence-electron chi connectivity index (χ2n) is 5.39. The molecule has 2 heterocycles. The Bertz CT molecular complexity index is 867. The van der Waals surface area contributed by atoms with E-state index in [1.807, 2.05) is 30.3 Å². The quantitative estimate of drug-likeness (QED) is 0.593. The van der Waals surface area contributed by atoms with Gasteiger partial charge in [0.05, 0.1) is 17.4 Å². The van der Waals surface area contributed by atoms with E-state index in [0.29, 0.717) is 16.4 Å². The van der Waals surface area contributed by atoms with Gasteiger partial charge in [-0.1, -0.05) is 55.2 Å². The number of carboxylic acid groups (broad SMARTS) is 1. The number of carboxylic acids is 1. The van der Waals surface area contributed by atoms with Crippen LogP contribution in [0.3, 0.4) is 0 Å². The van der Waals surface area contributed by atoms with Crippen LogP contribution in [-0.2, 0) is 16.0 Å². The molecule has 0 bridgehead atoms. The normalized spacial score (nSPS) is 16.0. The minimum absolute atomic E-state index is 0.197. The van der Waals surface area contributed by atoms with Crippen LogP contribution in [0, 0.1) is 0 Å². The summed E-state index contributed by atoms with van der Waals surface area (Å²) in [6, 6.07) is 11.6. The summed E-state index contributed by atoms with van der Waals surface area (Å²) < 4.78 is 5.97. The lowest BCUT2D eigenvalue weighted by Crippen LogP contribution is -2.40. The number of aliphatic carboxylic acids is 1. The lowest BCUT2D eigenvalue weighted by molar-refractivity contribution is -0.305. The van der Waals surface area contributed by atoms with E-state index in [0.717, 1.165) is 28.6 Å². The molecule has 1 aromatic carbocycles. The van der Waals surface area contributed by atoms with E-state index in [1.54, 1.807) is 12.1 Å². The van der Waals surface area contributed by atoms with E-state index in [2.05, 4.69) is 6.92 Å². The minimum atomic E-state index is -1.35. The molecule has 1 aliphatic heterocycles. The van der Waals surface area contributed by atoms with Crippen LogP contribution in [0.25, 0.3) is 17.4 Å². The Hall–Kier alpha value is -2.38. The van der Waals surface area contributed by atoms with E-state index >= 15 is 0 Å². The number of carbonyl (C=O) groups is 2. The molecule has 1 aliphatic rings. The van der Waals surface area contributed by atoms with Crippen LogP contribution in [0.4, 0.5) is 0 Å². The van der Waals surface area contributed by atoms with Crippen LogP contribution in [0.5, 0.6) is 0 Å². The van der Waals surface area contributed by atoms with Gasteiger partial charge >= 0.3 is 0 Å². The van der Waals surface area contributed by atoms with Crippen LogP contribution in [0.2, 0.25) is 0 Å². The Morgan fingerprint density at radius 1 is 1.28 bits per heavy atom. The van der Waals surface area contributed by atoms with E-state index in [4.69, 9.17) is 16.6 Å². The highest BCUT2D eigenvalue weighted by Crippen LogP contribution is 2.33. The van der Waals surface area contributed by atoms with Gasteiger partial charge in [0.2, 0.25) is 0 Å². The molecule has 1 saturated heterocycles. The molecule has 0 aliphatic carbocycles. The van der Waals surface area contributed by atoms with Gasteiger partial charge < -0.3 is 14.3 Å². The zero-order chi connectivity index (χ0) is 18.0. The van der Waals surface area contributed by atoms with Crippen molar-refractivity contribution in [3.05, 3.63) is 52.6 Å². The lowest BCUT2D eigenvalue weighted by atomic mass is 10.1. The summed E-state index contributed by atoms with van der Waals surface area (Å²) in [5.41, 5.74) is 2.19. The smallest absolute Gasteiger partial charge is 0.266 e. The first-order valence-corrected chi connectivity index (χ1v) is 8.84. The molecule has 0 saturated carbocycles. The molecule has 7 heteroatoms. The first-order valence-electron chi connectivity index (χ1n) is 7.62. The highest BCUT2D eigenvalue weighted by Gasteiger charge is 2.32. The van der Waals surface area contributed by atoms with Gasteiger partial charge in [-0.3, -0.25) is 9.69 Å². The number of thioether (sulfide) groups is 1. The standard InChI is InChI=1S/C18H15NO4S2/c1-2-11-3-5-12(6-4-11)14-8-7-13(23-14)9-15-17(22)19(10-16(20)21)18(24)25-15/h3-9H,2,10H2,1H3,(H,20,21)/p-1/b15-9-. The summed E-state index contributed by atoms with van der Waals surface area (Å²) in [6.07, 6.45) is 2.54. The first-order chi connectivity index (χ1) is 12.0. The van der Waals surface area contributed by atoms with E-state index in [9.17, 15) is 14.7 Å². The Balaban J connectivity index is 1.80. The number of hydrogen-bond acceptors (Lipinski definition) is 6. The molecule has 2 aromatic rings. The molecule has 1 amide bonds. The topological polar surface area (TPSA) is 73.6 Å². The highest BCUT2D eigenvalue weighted by molar-refractivity contribution is 8.26. The van der Waals surface area contributed by atoms with Crippen molar-refractivity contribution in [2.45, 2.75) is 13.3 Å². The summed E-state index contributed by atoms with van der Waals surface area (Å²) in [4.78, 5) is 24.3.